The third-order valence-corrected chi connectivity index (χ3v) is 3.47. The Hall–Kier alpha value is -2.18. The van der Waals surface area contributed by atoms with Gasteiger partial charge in [0.1, 0.15) is 5.69 Å². The Kier molecular flexibility index (Phi) is 5.98. The van der Waals surface area contributed by atoms with Gasteiger partial charge in [-0.25, -0.2) is 13.8 Å². The van der Waals surface area contributed by atoms with E-state index >= 15 is 0 Å². The van der Waals surface area contributed by atoms with Crippen molar-refractivity contribution in [1.29, 1.82) is 0 Å². The van der Waals surface area contributed by atoms with E-state index in [1.807, 2.05) is 0 Å². The van der Waals surface area contributed by atoms with Crippen LogP contribution in [0.3, 0.4) is 0 Å². The van der Waals surface area contributed by atoms with Gasteiger partial charge in [0.05, 0.1) is 5.56 Å². The zero-order chi connectivity index (χ0) is 25.2. The molecule has 0 aliphatic heterocycles. The summed E-state index contributed by atoms with van der Waals surface area (Å²) >= 11 is 0. The molecule has 20 heteroatoms. The lowest BCUT2D eigenvalue weighted by Crippen LogP contribution is -2.62. The van der Waals surface area contributed by atoms with Crippen LogP contribution >= 0.6 is 0 Å². The van der Waals surface area contributed by atoms with Crippen LogP contribution in [0.1, 0.15) is 11.3 Å². The Morgan fingerprint density at radius 2 is 0.806 bits per heavy atom. The van der Waals surface area contributed by atoms with Crippen LogP contribution in [0.15, 0.2) is 0 Å². The normalized spacial score (nSPS) is 17.0. The molecule has 0 aliphatic carbocycles. The van der Waals surface area contributed by atoms with E-state index in [9.17, 15) is 79.0 Å². The smallest absolute Gasteiger partial charge is 0.219 e. The average Bonchev–Trinajstić information content (AvgIpc) is 2.47. The second-order valence-electron chi connectivity index (χ2n) is 5.39. The van der Waals surface area contributed by atoms with E-state index in [1.165, 1.54) is 4.98 Å². The lowest BCUT2D eigenvalue weighted by atomic mass is 9.83. The van der Waals surface area contributed by atoms with Crippen LogP contribution in [-0.4, -0.2) is 40.6 Å². The Balaban J connectivity index is 4.42. The lowest BCUT2D eigenvalue weighted by Gasteiger charge is -2.38. The summed E-state index contributed by atoms with van der Waals surface area (Å²) in [5, 5.41) is 0. The standard InChI is InChI=1S/C11F18N2/c12-3-1(5(14,8(18,19)20)9(21,22)23)2(30-4(13)31-3)6(15,10(24,25)26)7(16,17)11(27,28)29. The topological polar surface area (TPSA) is 25.8 Å². The van der Waals surface area contributed by atoms with Crippen molar-refractivity contribution in [2.75, 3.05) is 0 Å². The second kappa shape index (κ2) is 6.91. The fourth-order valence-electron chi connectivity index (χ4n) is 2.06. The van der Waals surface area contributed by atoms with Gasteiger partial charge in [-0.2, -0.15) is 75.2 Å². The van der Waals surface area contributed by atoms with Gasteiger partial charge in [0, 0.05) is 0 Å². The molecule has 0 aliphatic rings. The van der Waals surface area contributed by atoms with Crippen LogP contribution in [0.2, 0.25) is 0 Å². The van der Waals surface area contributed by atoms with Crippen molar-refractivity contribution in [3.8, 4) is 0 Å². The molecule has 0 spiro atoms. The molecule has 31 heavy (non-hydrogen) atoms. The third kappa shape index (κ3) is 3.70. The molecular weight excluding hydrogens is 502 g/mol. The van der Waals surface area contributed by atoms with E-state index in [0.717, 1.165) is 4.98 Å². The summed E-state index contributed by atoms with van der Waals surface area (Å²) in [6.45, 7) is 0. The molecule has 1 unspecified atom stereocenters. The molecule has 0 saturated heterocycles. The number of hydrogen-bond acceptors (Lipinski definition) is 2. The second-order valence-corrected chi connectivity index (χ2v) is 5.39. The first-order valence-corrected chi connectivity index (χ1v) is 6.55. The van der Waals surface area contributed by atoms with E-state index in [2.05, 4.69) is 0 Å². The van der Waals surface area contributed by atoms with Crippen LogP contribution in [0, 0.1) is 12.0 Å². The SMILES string of the molecule is Fc1nc(F)c(C(F)(C(F)(F)F)C(F)(F)F)c(C(F)(C(F)(F)F)C(F)(F)C(F)(F)F)n1. The molecule has 0 N–H and O–H groups in total. The van der Waals surface area contributed by atoms with Gasteiger partial charge in [-0.3, -0.25) is 0 Å². The van der Waals surface area contributed by atoms with Crippen LogP contribution in [0.5, 0.6) is 0 Å². The Labute approximate surface area is 155 Å². The molecule has 0 radical (unpaired) electrons. The molecule has 0 amide bonds. The van der Waals surface area contributed by atoms with E-state index in [-0.39, 0.29) is 0 Å². The van der Waals surface area contributed by atoms with Crippen molar-refractivity contribution in [2.24, 2.45) is 0 Å². The highest BCUT2D eigenvalue weighted by Crippen LogP contribution is 2.62. The summed E-state index contributed by atoms with van der Waals surface area (Å²) in [6, 6.07) is 0. The Morgan fingerprint density at radius 3 is 1.10 bits per heavy atom. The molecular formula is C11F18N2. The van der Waals surface area contributed by atoms with Gasteiger partial charge in [0.25, 0.3) is 0 Å². The lowest BCUT2D eigenvalue weighted by molar-refractivity contribution is -0.392. The average molecular weight is 502 g/mol. The minimum Gasteiger partial charge on any atom is -0.219 e. The molecule has 1 rings (SSSR count). The fourth-order valence-corrected chi connectivity index (χ4v) is 2.06. The summed E-state index contributed by atoms with van der Waals surface area (Å²) in [5.74, 6) is -12.0. The summed E-state index contributed by atoms with van der Waals surface area (Å²) in [5.41, 5.74) is -24.6. The van der Waals surface area contributed by atoms with E-state index < -0.39 is 65.2 Å². The number of halogens is 18. The molecule has 1 aromatic rings. The highest BCUT2D eigenvalue weighted by molar-refractivity contribution is 5.37. The van der Waals surface area contributed by atoms with Gasteiger partial charge < -0.3 is 0 Å². The van der Waals surface area contributed by atoms with Gasteiger partial charge in [0.2, 0.25) is 5.95 Å². The zero-order valence-corrected chi connectivity index (χ0v) is 13.2. The molecule has 0 aromatic carbocycles. The first-order chi connectivity index (χ1) is 13.3. The highest BCUT2D eigenvalue weighted by atomic mass is 19.4. The Morgan fingerprint density at radius 1 is 0.452 bits per heavy atom. The molecule has 180 valence electrons. The van der Waals surface area contributed by atoms with Gasteiger partial charge in [-0.15, -0.1) is 0 Å². The van der Waals surface area contributed by atoms with Gasteiger partial charge in [-0.05, 0) is 0 Å². The first kappa shape index (κ1) is 26.9. The largest absolute Gasteiger partial charge is 0.457 e. The molecule has 1 heterocycles. The predicted molar refractivity (Wildman–Crippen MR) is 56.7 cm³/mol. The molecule has 0 fully saturated rings. The molecule has 0 saturated carbocycles. The monoisotopic (exact) mass is 502 g/mol. The molecule has 1 atom stereocenters. The molecule has 2 nitrogen and oxygen atoms in total. The van der Waals surface area contributed by atoms with Crippen molar-refractivity contribution < 1.29 is 79.0 Å². The van der Waals surface area contributed by atoms with Crippen LogP contribution in [-0.2, 0) is 11.3 Å². The zero-order valence-electron chi connectivity index (χ0n) is 13.2. The van der Waals surface area contributed by atoms with Crippen LogP contribution in [0.4, 0.5) is 79.0 Å². The number of rotatable bonds is 3. The van der Waals surface area contributed by atoms with Crippen molar-refractivity contribution in [1.82, 2.24) is 9.97 Å². The number of aromatic nitrogens is 2. The Bertz CT molecular complexity index is 815. The summed E-state index contributed by atoms with van der Waals surface area (Å²) < 4.78 is 234. The highest BCUT2D eigenvalue weighted by Gasteiger charge is 2.85. The van der Waals surface area contributed by atoms with Gasteiger partial charge in [-0.1, -0.05) is 0 Å². The van der Waals surface area contributed by atoms with Gasteiger partial charge in [0.15, 0.2) is 0 Å². The van der Waals surface area contributed by atoms with E-state index in [1.54, 1.807) is 0 Å². The maximum absolute atomic E-state index is 14.3. The summed E-state index contributed by atoms with van der Waals surface area (Å²) in [6.07, 6.45) is -34.3. The quantitative estimate of drug-likeness (QED) is 0.290. The summed E-state index contributed by atoms with van der Waals surface area (Å²) in [7, 11) is 0. The molecule has 0 bridgehead atoms. The maximum atomic E-state index is 14.3. The van der Waals surface area contributed by atoms with Gasteiger partial charge >= 0.3 is 48.0 Å². The minimum absolute atomic E-state index is 1.11. The summed E-state index contributed by atoms with van der Waals surface area (Å²) in [4.78, 5) is 2.44. The van der Waals surface area contributed by atoms with Crippen molar-refractivity contribution in [3.63, 3.8) is 0 Å². The van der Waals surface area contributed by atoms with Crippen LogP contribution < -0.4 is 0 Å². The number of hydrogen-bond donors (Lipinski definition) is 0. The fraction of sp³-hybridized carbons (Fsp3) is 0.636. The number of alkyl halides is 16. The molecule has 1 aromatic heterocycles. The number of nitrogens with zero attached hydrogens (tertiary/aromatic N) is 2. The van der Waals surface area contributed by atoms with E-state index in [4.69, 9.17) is 0 Å². The minimum atomic E-state index is -8.04. The van der Waals surface area contributed by atoms with Crippen molar-refractivity contribution >= 4 is 0 Å². The third-order valence-electron chi connectivity index (χ3n) is 3.47. The first-order valence-electron chi connectivity index (χ1n) is 6.55. The predicted octanol–water partition coefficient (Wildman–Crippen LogP) is 5.97. The van der Waals surface area contributed by atoms with E-state index in [0.29, 0.717) is 0 Å². The van der Waals surface area contributed by atoms with Crippen molar-refractivity contribution in [2.45, 2.75) is 42.0 Å². The van der Waals surface area contributed by atoms with Crippen molar-refractivity contribution in [3.05, 3.63) is 23.3 Å². The van der Waals surface area contributed by atoms with Crippen LogP contribution in [0.25, 0.3) is 0 Å². The maximum Gasteiger partial charge on any atom is 0.457 e.